The number of nitrogens with zero attached hydrogens (tertiary/aromatic N) is 4. The van der Waals surface area contributed by atoms with E-state index >= 15 is 0 Å². The molecular weight excluding hydrogens is 534 g/mol. The van der Waals surface area contributed by atoms with Gasteiger partial charge in [-0.2, -0.15) is 4.31 Å². The van der Waals surface area contributed by atoms with Crippen molar-refractivity contribution in [2.45, 2.75) is 37.4 Å². The number of halogens is 1. The highest BCUT2D eigenvalue weighted by Gasteiger charge is 2.27. The van der Waals surface area contributed by atoms with Crippen LogP contribution in [-0.2, 0) is 26.1 Å². The van der Waals surface area contributed by atoms with E-state index in [0.29, 0.717) is 60.1 Å². The third kappa shape index (κ3) is 6.71. The van der Waals surface area contributed by atoms with E-state index in [2.05, 4.69) is 29.4 Å². The molecule has 2 aromatic carbocycles. The van der Waals surface area contributed by atoms with Crippen molar-refractivity contribution in [3.05, 3.63) is 53.1 Å². The van der Waals surface area contributed by atoms with Gasteiger partial charge in [-0.3, -0.25) is 4.79 Å². The molecule has 0 atom stereocenters. The Labute approximate surface area is 226 Å². The van der Waals surface area contributed by atoms with Gasteiger partial charge in [0.1, 0.15) is 0 Å². The normalized spacial score (nSPS) is 14.7. The summed E-state index contributed by atoms with van der Waals surface area (Å²) in [5.41, 5.74) is 2.23. The van der Waals surface area contributed by atoms with E-state index in [-0.39, 0.29) is 22.5 Å². The van der Waals surface area contributed by atoms with Crippen LogP contribution in [0.25, 0.3) is 11.4 Å². The number of anilines is 1. The zero-order valence-corrected chi connectivity index (χ0v) is 23.4. The molecule has 0 saturated carbocycles. The molecule has 198 valence electrons. The van der Waals surface area contributed by atoms with Crippen LogP contribution >= 0.6 is 23.4 Å². The minimum Gasteiger partial charge on any atom is -0.379 e. The fourth-order valence-corrected chi connectivity index (χ4v) is 6.29. The summed E-state index contributed by atoms with van der Waals surface area (Å²) in [7, 11) is -3.65. The second-order valence-corrected chi connectivity index (χ2v) is 12.5. The molecule has 1 fully saturated rings. The minimum absolute atomic E-state index is 0.133. The van der Waals surface area contributed by atoms with Gasteiger partial charge in [-0.1, -0.05) is 55.4 Å². The van der Waals surface area contributed by atoms with Gasteiger partial charge in [-0.15, -0.1) is 10.2 Å². The molecule has 1 aliphatic heterocycles. The lowest BCUT2D eigenvalue weighted by atomic mass is 10.2. The molecule has 37 heavy (non-hydrogen) atoms. The van der Waals surface area contributed by atoms with Crippen molar-refractivity contribution in [1.29, 1.82) is 0 Å². The Morgan fingerprint density at radius 1 is 1.16 bits per heavy atom. The van der Waals surface area contributed by atoms with Crippen LogP contribution in [0.5, 0.6) is 0 Å². The monoisotopic (exact) mass is 563 g/mol. The first kappa shape index (κ1) is 27.6. The van der Waals surface area contributed by atoms with E-state index in [1.807, 2.05) is 23.6 Å². The fraction of sp³-hybridized carbons (Fsp3) is 0.400. The number of carbonyl (C=O) groups is 1. The second kappa shape index (κ2) is 12.0. The highest BCUT2D eigenvalue weighted by molar-refractivity contribution is 7.99. The Morgan fingerprint density at radius 3 is 2.65 bits per heavy atom. The summed E-state index contributed by atoms with van der Waals surface area (Å²) < 4.78 is 35.0. The van der Waals surface area contributed by atoms with Gasteiger partial charge >= 0.3 is 0 Å². The first-order valence-electron chi connectivity index (χ1n) is 12.0. The van der Waals surface area contributed by atoms with Crippen LogP contribution in [-0.4, -0.2) is 65.5 Å². The quantitative estimate of drug-likeness (QED) is 0.386. The molecule has 0 unspecified atom stereocenters. The summed E-state index contributed by atoms with van der Waals surface area (Å²) in [4.78, 5) is 12.9. The van der Waals surface area contributed by atoms with E-state index < -0.39 is 10.0 Å². The number of aryl methyl sites for hydroxylation is 1. The molecule has 1 aromatic heterocycles. The van der Waals surface area contributed by atoms with Gasteiger partial charge in [0, 0.05) is 35.9 Å². The van der Waals surface area contributed by atoms with Crippen LogP contribution in [0, 0.1) is 12.8 Å². The van der Waals surface area contributed by atoms with Crippen molar-refractivity contribution in [2.75, 3.05) is 37.4 Å². The predicted molar refractivity (Wildman–Crippen MR) is 145 cm³/mol. The van der Waals surface area contributed by atoms with Gasteiger partial charge < -0.3 is 14.6 Å². The van der Waals surface area contributed by atoms with Crippen LogP contribution in [0.3, 0.4) is 0 Å². The van der Waals surface area contributed by atoms with E-state index in [0.717, 1.165) is 5.56 Å². The maximum Gasteiger partial charge on any atom is 0.243 e. The first-order chi connectivity index (χ1) is 17.6. The van der Waals surface area contributed by atoms with Gasteiger partial charge in [0.25, 0.3) is 0 Å². The Morgan fingerprint density at radius 2 is 1.92 bits per heavy atom. The zero-order valence-electron chi connectivity index (χ0n) is 21.0. The number of hydrogen-bond acceptors (Lipinski definition) is 7. The van der Waals surface area contributed by atoms with Crippen LogP contribution in [0.15, 0.2) is 52.5 Å². The molecule has 9 nitrogen and oxygen atoms in total. The number of thioether (sulfide) groups is 1. The number of sulfonamides is 1. The van der Waals surface area contributed by atoms with E-state index in [1.165, 1.54) is 16.1 Å². The van der Waals surface area contributed by atoms with Crippen molar-refractivity contribution >= 4 is 45.0 Å². The lowest BCUT2D eigenvalue weighted by molar-refractivity contribution is -0.113. The van der Waals surface area contributed by atoms with Gasteiger partial charge in [0.05, 0.1) is 23.9 Å². The summed E-state index contributed by atoms with van der Waals surface area (Å²) in [5, 5.41) is 12.7. The Kier molecular flexibility index (Phi) is 8.91. The number of rotatable bonds is 9. The largest absolute Gasteiger partial charge is 0.379 e. The highest BCUT2D eigenvalue weighted by Crippen LogP contribution is 2.28. The number of benzene rings is 2. The third-order valence-electron chi connectivity index (χ3n) is 5.77. The lowest BCUT2D eigenvalue weighted by Crippen LogP contribution is -2.40. The number of ether oxygens (including phenoxy) is 1. The van der Waals surface area contributed by atoms with Crippen LogP contribution in [0.2, 0.25) is 5.02 Å². The van der Waals surface area contributed by atoms with Crippen molar-refractivity contribution in [3.63, 3.8) is 0 Å². The van der Waals surface area contributed by atoms with Crippen molar-refractivity contribution < 1.29 is 17.9 Å². The Bertz CT molecular complexity index is 1370. The van der Waals surface area contributed by atoms with Crippen LogP contribution < -0.4 is 5.32 Å². The predicted octanol–water partition coefficient (Wildman–Crippen LogP) is 4.31. The van der Waals surface area contributed by atoms with Gasteiger partial charge in [0.15, 0.2) is 11.0 Å². The van der Waals surface area contributed by atoms with Crippen molar-refractivity contribution in [3.8, 4) is 11.4 Å². The highest BCUT2D eigenvalue weighted by atomic mass is 35.5. The maximum atomic E-state index is 13.2. The number of morpholine rings is 1. The number of aromatic nitrogens is 3. The molecule has 3 aromatic rings. The molecule has 1 aliphatic rings. The molecule has 0 bridgehead atoms. The standard InChI is InChI=1S/C25H30ClN5O4S2/c1-17(2)15-31-24(19-5-4-6-21(13-19)37(33,34)30-9-11-35-12-10-30)28-29-25(31)36-16-23(32)27-22-14-20(26)8-7-18(22)3/h4-8,13-14,17H,9-12,15-16H2,1-3H3,(H,27,32). The van der Waals surface area contributed by atoms with Crippen molar-refractivity contribution in [1.82, 2.24) is 19.1 Å². The molecule has 12 heteroatoms. The second-order valence-electron chi connectivity index (χ2n) is 9.15. The average Bonchev–Trinajstić information content (AvgIpc) is 3.27. The topological polar surface area (TPSA) is 106 Å². The number of amides is 1. The molecular formula is C25H30ClN5O4S2. The molecule has 1 amide bonds. The molecule has 0 aliphatic carbocycles. The number of hydrogen-bond donors (Lipinski definition) is 1. The Hall–Kier alpha value is -2.44. The Balaban J connectivity index is 1.55. The zero-order chi connectivity index (χ0) is 26.6. The van der Waals surface area contributed by atoms with E-state index in [4.69, 9.17) is 16.3 Å². The fourth-order valence-electron chi connectivity index (χ4n) is 3.92. The summed E-state index contributed by atoms with van der Waals surface area (Å²) in [6.45, 7) is 8.08. The first-order valence-corrected chi connectivity index (χ1v) is 14.8. The lowest BCUT2D eigenvalue weighted by Gasteiger charge is -2.26. The van der Waals surface area contributed by atoms with Crippen molar-refractivity contribution in [2.24, 2.45) is 5.92 Å². The van der Waals surface area contributed by atoms with E-state index in [1.54, 1.807) is 30.3 Å². The molecule has 4 rings (SSSR count). The molecule has 0 radical (unpaired) electrons. The SMILES string of the molecule is Cc1ccc(Cl)cc1NC(=O)CSc1nnc(-c2cccc(S(=O)(=O)N3CCOCC3)c2)n1CC(C)C. The number of nitrogens with one attached hydrogen (secondary N) is 1. The third-order valence-corrected chi connectivity index (χ3v) is 8.87. The minimum atomic E-state index is -3.65. The molecule has 1 N–H and O–H groups in total. The smallest absolute Gasteiger partial charge is 0.243 e. The van der Waals surface area contributed by atoms with Gasteiger partial charge in [-0.05, 0) is 42.7 Å². The van der Waals surface area contributed by atoms with Crippen LogP contribution in [0.1, 0.15) is 19.4 Å². The van der Waals surface area contributed by atoms with Gasteiger partial charge in [-0.25, -0.2) is 8.42 Å². The maximum absolute atomic E-state index is 13.2. The summed E-state index contributed by atoms with van der Waals surface area (Å²) >= 11 is 7.34. The van der Waals surface area contributed by atoms with Crippen LogP contribution in [0.4, 0.5) is 5.69 Å². The van der Waals surface area contributed by atoms with Gasteiger partial charge in [0.2, 0.25) is 15.9 Å². The van der Waals surface area contributed by atoms with E-state index in [9.17, 15) is 13.2 Å². The summed E-state index contributed by atoms with van der Waals surface area (Å²) in [5.74, 6) is 0.779. The molecule has 1 saturated heterocycles. The molecule has 0 spiro atoms. The average molecular weight is 564 g/mol. The number of carbonyl (C=O) groups excluding carboxylic acids is 1. The summed E-state index contributed by atoms with van der Waals surface area (Å²) in [6.07, 6.45) is 0. The summed E-state index contributed by atoms with van der Waals surface area (Å²) in [6, 6.07) is 12.1. The molecule has 2 heterocycles.